The van der Waals surface area contributed by atoms with Gasteiger partial charge in [-0.2, -0.15) is 0 Å². The number of hydrogen-bond donors (Lipinski definition) is 2. The highest BCUT2D eigenvalue weighted by atomic mass is 35.5. The Balaban J connectivity index is 2.93. The minimum Gasteiger partial charge on any atom is -0.481 e. The van der Waals surface area contributed by atoms with Crippen molar-refractivity contribution in [1.82, 2.24) is 5.32 Å². The molecule has 5 nitrogen and oxygen atoms in total. The van der Waals surface area contributed by atoms with E-state index in [0.717, 1.165) is 18.8 Å². The van der Waals surface area contributed by atoms with Crippen LogP contribution in [0.4, 0.5) is 5.69 Å². The summed E-state index contributed by atoms with van der Waals surface area (Å²) in [6, 6.07) is 5.15. The van der Waals surface area contributed by atoms with Gasteiger partial charge in [0.15, 0.2) is 0 Å². The zero-order valence-electron chi connectivity index (χ0n) is 11.6. The van der Waals surface area contributed by atoms with Crippen molar-refractivity contribution in [3.8, 4) is 0 Å². The average Bonchev–Trinajstić information content (AvgIpc) is 2.41. The Kier molecular flexibility index (Phi) is 6.31. The molecule has 0 aliphatic heterocycles. The zero-order valence-corrected chi connectivity index (χ0v) is 12.4. The van der Waals surface area contributed by atoms with Gasteiger partial charge in [0.25, 0.3) is 5.91 Å². The molecule has 1 aromatic rings. The van der Waals surface area contributed by atoms with Gasteiger partial charge in [-0.15, -0.1) is 0 Å². The van der Waals surface area contributed by atoms with Crippen LogP contribution in [0.2, 0.25) is 5.02 Å². The van der Waals surface area contributed by atoms with Gasteiger partial charge >= 0.3 is 5.97 Å². The van der Waals surface area contributed by atoms with Gasteiger partial charge in [-0.3, -0.25) is 9.59 Å². The second-order valence-electron chi connectivity index (χ2n) is 4.23. The molecule has 0 aromatic heterocycles. The van der Waals surface area contributed by atoms with Crippen molar-refractivity contribution >= 4 is 29.2 Å². The van der Waals surface area contributed by atoms with Crippen molar-refractivity contribution in [3.05, 3.63) is 28.8 Å². The molecule has 110 valence electrons. The van der Waals surface area contributed by atoms with E-state index in [0.29, 0.717) is 10.6 Å². The number of rotatable bonds is 7. The minimum atomic E-state index is -0.944. The monoisotopic (exact) mass is 298 g/mol. The van der Waals surface area contributed by atoms with E-state index >= 15 is 0 Å². The number of carboxylic acid groups (broad SMARTS) is 1. The smallest absolute Gasteiger partial charge is 0.305 e. The van der Waals surface area contributed by atoms with E-state index in [9.17, 15) is 9.59 Å². The molecule has 2 N–H and O–H groups in total. The van der Waals surface area contributed by atoms with E-state index in [2.05, 4.69) is 5.32 Å². The van der Waals surface area contributed by atoms with E-state index in [1.807, 2.05) is 18.7 Å². The van der Waals surface area contributed by atoms with Crippen molar-refractivity contribution in [2.24, 2.45) is 0 Å². The number of nitrogens with zero attached hydrogens (tertiary/aromatic N) is 1. The SMILES string of the molecule is CCN(CC)c1ccc(Cl)cc1C(=O)NCCC(=O)O. The first kappa shape index (κ1) is 16.3. The number of hydrogen-bond acceptors (Lipinski definition) is 3. The standard InChI is InChI=1S/C14H19ClN2O3/c1-3-17(4-2)12-6-5-10(15)9-11(12)14(20)16-8-7-13(18)19/h5-6,9H,3-4,7-8H2,1-2H3,(H,16,20)(H,18,19). The van der Waals surface area contributed by atoms with Crippen LogP contribution in [-0.4, -0.2) is 36.6 Å². The molecule has 0 spiro atoms. The molecular weight excluding hydrogens is 280 g/mol. The Morgan fingerprint density at radius 3 is 2.50 bits per heavy atom. The largest absolute Gasteiger partial charge is 0.481 e. The van der Waals surface area contributed by atoms with E-state index < -0.39 is 5.97 Å². The topological polar surface area (TPSA) is 69.6 Å². The van der Waals surface area contributed by atoms with Crippen LogP contribution in [0.25, 0.3) is 0 Å². The third-order valence-corrected chi connectivity index (χ3v) is 3.17. The van der Waals surface area contributed by atoms with Crippen LogP contribution in [0.15, 0.2) is 18.2 Å². The number of carbonyl (C=O) groups is 2. The summed E-state index contributed by atoms with van der Waals surface area (Å²) < 4.78 is 0. The van der Waals surface area contributed by atoms with Crippen LogP contribution in [0.1, 0.15) is 30.6 Å². The maximum atomic E-state index is 12.1. The van der Waals surface area contributed by atoms with Crippen LogP contribution in [0, 0.1) is 0 Å². The molecule has 0 radical (unpaired) electrons. The summed E-state index contributed by atoms with van der Waals surface area (Å²) in [7, 11) is 0. The summed E-state index contributed by atoms with van der Waals surface area (Å²) in [5.41, 5.74) is 1.26. The van der Waals surface area contributed by atoms with Gasteiger partial charge in [-0.1, -0.05) is 11.6 Å². The summed E-state index contributed by atoms with van der Waals surface area (Å²) in [4.78, 5) is 24.6. The Bertz CT molecular complexity index is 487. The predicted octanol–water partition coefficient (Wildman–Crippen LogP) is 2.39. The lowest BCUT2D eigenvalue weighted by Crippen LogP contribution is -2.30. The molecule has 0 aliphatic carbocycles. The molecular formula is C14H19ClN2O3. The van der Waals surface area contributed by atoms with E-state index in [1.165, 1.54) is 0 Å². The van der Waals surface area contributed by atoms with Crippen LogP contribution in [0.3, 0.4) is 0 Å². The number of amides is 1. The number of carboxylic acids is 1. The molecule has 0 fully saturated rings. The summed E-state index contributed by atoms with van der Waals surface area (Å²) in [5.74, 6) is -1.25. The van der Waals surface area contributed by atoms with Gasteiger partial charge in [-0.05, 0) is 32.0 Å². The van der Waals surface area contributed by atoms with Gasteiger partial charge in [0.05, 0.1) is 12.0 Å². The fourth-order valence-corrected chi connectivity index (χ4v) is 2.08. The van der Waals surface area contributed by atoms with Crippen LogP contribution in [-0.2, 0) is 4.79 Å². The van der Waals surface area contributed by atoms with Crippen molar-refractivity contribution in [2.45, 2.75) is 20.3 Å². The van der Waals surface area contributed by atoms with Crippen molar-refractivity contribution < 1.29 is 14.7 Å². The lowest BCUT2D eigenvalue weighted by atomic mass is 10.1. The molecule has 20 heavy (non-hydrogen) atoms. The molecule has 6 heteroatoms. The molecule has 0 atom stereocenters. The third-order valence-electron chi connectivity index (χ3n) is 2.93. The molecule has 1 aromatic carbocycles. The number of aliphatic carboxylic acids is 1. The average molecular weight is 299 g/mol. The van der Waals surface area contributed by atoms with Gasteiger partial charge in [0, 0.05) is 30.3 Å². The van der Waals surface area contributed by atoms with Gasteiger partial charge in [0.1, 0.15) is 0 Å². The highest BCUT2D eigenvalue weighted by molar-refractivity contribution is 6.31. The fourth-order valence-electron chi connectivity index (χ4n) is 1.91. The molecule has 0 bridgehead atoms. The molecule has 0 aliphatic rings. The fraction of sp³-hybridized carbons (Fsp3) is 0.429. The van der Waals surface area contributed by atoms with Crippen LogP contribution >= 0.6 is 11.6 Å². The van der Waals surface area contributed by atoms with Crippen molar-refractivity contribution in [1.29, 1.82) is 0 Å². The molecule has 0 unspecified atom stereocenters. The first-order chi connectivity index (χ1) is 9.49. The maximum Gasteiger partial charge on any atom is 0.305 e. The number of anilines is 1. The summed E-state index contributed by atoms with van der Waals surface area (Å²) in [6.45, 7) is 5.65. The number of benzene rings is 1. The second-order valence-corrected chi connectivity index (χ2v) is 4.67. The Morgan fingerprint density at radius 2 is 1.95 bits per heavy atom. The molecule has 0 heterocycles. The Labute approximate surface area is 123 Å². The highest BCUT2D eigenvalue weighted by Crippen LogP contribution is 2.24. The lowest BCUT2D eigenvalue weighted by Gasteiger charge is -2.23. The third kappa shape index (κ3) is 4.42. The van der Waals surface area contributed by atoms with Gasteiger partial charge in [0.2, 0.25) is 0 Å². The number of carbonyl (C=O) groups excluding carboxylic acids is 1. The molecule has 0 saturated heterocycles. The second kappa shape index (κ2) is 7.75. The van der Waals surface area contributed by atoms with E-state index in [-0.39, 0.29) is 18.9 Å². The highest BCUT2D eigenvalue weighted by Gasteiger charge is 2.15. The first-order valence-corrected chi connectivity index (χ1v) is 6.91. The summed E-state index contributed by atoms with van der Waals surface area (Å²) in [6.07, 6.45) is -0.104. The van der Waals surface area contributed by atoms with Crippen molar-refractivity contribution in [2.75, 3.05) is 24.5 Å². The summed E-state index contributed by atoms with van der Waals surface area (Å²) in [5, 5.41) is 11.7. The Hall–Kier alpha value is -1.75. The minimum absolute atomic E-state index is 0.0956. The van der Waals surface area contributed by atoms with Gasteiger partial charge < -0.3 is 15.3 Å². The van der Waals surface area contributed by atoms with Crippen LogP contribution in [0.5, 0.6) is 0 Å². The van der Waals surface area contributed by atoms with Crippen LogP contribution < -0.4 is 10.2 Å². The van der Waals surface area contributed by atoms with Crippen molar-refractivity contribution in [3.63, 3.8) is 0 Å². The van der Waals surface area contributed by atoms with E-state index in [1.54, 1.807) is 18.2 Å². The molecule has 1 amide bonds. The Morgan fingerprint density at radius 1 is 1.30 bits per heavy atom. The zero-order chi connectivity index (χ0) is 15.1. The maximum absolute atomic E-state index is 12.1. The summed E-state index contributed by atoms with van der Waals surface area (Å²) >= 11 is 5.94. The number of nitrogens with one attached hydrogen (secondary N) is 1. The first-order valence-electron chi connectivity index (χ1n) is 6.54. The van der Waals surface area contributed by atoms with Gasteiger partial charge in [-0.25, -0.2) is 0 Å². The number of halogens is 1. The molecule has 0 saturated carbocycles. The normalized spacial score (nSPS) is 10.2. The van der Waals surface area contributed by atoms with E-state index in [4.69, 9.17) is 16.7 Å². The molecule has 1 rings (SSSR count). The predicted molar refractivity (Wildman–Crippen MR) is 79.6 cm³/mol. The quantitative estimate of drug-likeness (QED) is 0.811. The lowest BCUT2D eigenvalue weighted by molar-refractivity contribution is -0.136.